The van der Waals surface area contributed by atoms with Gasteiger partial charge in [-0.2, -0.15) is 10.5 Å². The molecule has 0 heterocycles. The number of nitriles is 2. The Bertz CT molecular complexity index is 453. The van der Waals surface area contributed by atoms with Gasteiger partial charge in [0.25, 0.3) is 0 Å². The second kappa shape index (κ2) is 6.17. The molecule has 0 atom stereocenters. The standard InChI is InChI=1S/C11H8ClN3S/c1-16-11(8(6-13)7-14)15-10-4-2-9(12)3-5-10/h2-5,8H,1H3. The van der Waals surface area contributed by atoms with Gasteiger partial charge in [0.05, 0.1) is 17.8 Å². The predicted octanol–water partition coefficient (Wildman–Crippen LogP) is 3.40. The highest BCUT2D eigenvalue weighted by Gasteiger charge is 2.13. The summed E-state index contributed by atoms with van der Waals surface area (Å²) in [5, 5.41) is 18.6. The summed E-state index contributed by atoms with van der Waals surface area (Å²) in [6, 6.07) is 10.7. The van der Waals surface area contributed by atoms with Gasteiger partial charge in [-0.3, -0.25) is 0 Å². The number of hydrogen-bond acceptors (Lipinski definition) is 4. The van der Waals surface area contributed by atoms with Gasteiger partial charge in [0.1, 0.15) is 5.04 Å². The lowest BCUT2D eigenvalue weighted by Gasteiger charge is -2.02. The van der Waals surface area contributed by atoms with Crippen molar-refractivity contribution in [3.05, 3.63) is 29.3 Å². The van der Waals surface area contributed by atoms with Gasteiger partial charge in [0, 0.05) is 5.02 Å². The van der Waals surface area contributed by atoms with Crippen molar-refractivity contribution in [1.82, 2.24) is 0 Å². The van der Waals surface area contributed by atoms with Crippen LogP contribution >= 0.6 is 23.4 Å². The third-order valence-corrected chi connectivity index (χ3v) is 2.78. The highest BCUT2D eigenvalue weighted by Crippen LogP contribution is 2.20. The Morgan fingerprint density at radius 2 is 1.88 bits per heavy atom. The Hall–Kier alpha value is -1.49. The summed E-state index contributed by atoms with van der Waals surface area (Å²) in [6.07, 6.45) is 1.79. The first-order valence-electron chi connectivity index (χ1n) is 4.38. The largest absolute Gasteiger partial charge is 0.244 e. The molecule has 0 aromatic heterocycles. The number of thioether (sulfide) groups is 1. The van der Waals surface area contributed by atoms with E-state index < -0.39 is 5.92 Å². The van der Waals surface area contributed by atoms with Crippen molar-refractivity contribution in [1.29, 1.82) is 10.5 Å². The predicted molar refractivity (Wildman–Crippen MR) is 66.8 cm³/mol. The smallest absolute Gasteiger partial charge is 0.181 e. The maximum absolute atomic E-state index is 8.76. The van der Waals surface area contributed by atoms with Crippen LogP contribution in [0.1, 0.15) is 0 Å². The van der Waals surface area contributed by atoms with E-state index in [4.69, 9.17) is 22.1 Å². The van der Waals surface area contributed by atoms with E-state index in [1.807, 2.05) is 12.1 Å². The normalized spacial score (nSPS) is 10.9. The van der Waals surface area contributed by atoms with Crippen LogP contribution in [0.2, 0.25) is 5.02 Å². The molecule has 0 radical (unpaired) electrons. The summed E-state index contributed by atoms with van der Waals surface area (Å²) in [5.41, 5.74) is 0.684. The Kier molecular flexibility index (Phi) is 4.85. The number of aliphatic imine (C=N–C) groups is 1. The van der Waals surface area contributed by atoms with Crippen molar-refractivity contribution in [2.75, 3.05) is 6.26 Å². The van der Waals surface area contributed by atoms with E-state index in [9.17, 15) is 0 Å². The zero-order chi connectivity index (χ0) is 12.0. The van der Waals surface area contributed by atoms with Crippen molar-refractivity contribution >= 4 is 34.1 Å². The lowest BCUT2D eigenvalue weighted by Crippen LogP contribution is -2.05. The van der Waals surface area contributed by atoms with Crippen molar-refractivity contribution in [3.8, 4) is 12.1 Å². The van der Waals surface area contributed by atoms with Gasteiger partial charge in [-0.15, -0.1) is 11.8 Å². The SMILES string of the molecule is CSC(=Nc1ccc(Cl)cc1)C(C#N)C#N. The minimum atomic E-state index is -0.814. The lowest BCUT2D eigenvalue weighted by molar-refractivity contribution is 1.17. The molecule has 5 heteroatoms. The van der Waals surface area contributed by atoms with E-state index in [2.05, 4.69) is 4.99 Å². The minimum Gasteiger partial charge on any atom is -0.244 e. The monoisotopic (exact) mass is 249 g/mol. The molecule has 0 bridgehead atoms. The number of halogens is 1. The fourth-order valence-electron chi connectivity index (χ4n) is 1.01. The summed E-state index contributed by atoms with van der Waals surface area (Å²) >= 11 is 7.04. The molecule has 0 saturated carbocycles. The Morgan fingerprint density at radius 1 is 1.31 bits per heavy atom. The Balaban J connectivity index is 3.02. The first-order chi connectivity index (χ1) is 7.71. The molecule has 1 rings (SSSR count). The summed E-state index contributed by atoms with van der Waals surface area (Å²) in [5.74, 6) is -0.814. The van der Waals surface area contributed by atoms with Crippen LogP contribution in [0.15, 0.2) is 29.3 Å². The number of rotatable bonds is 2. The number of nitrogens with zero attached hydrogens (tertiary/aromatic N) is 3. The molecule has 0 fully saturated rings. The van der Waals surface area contributed by atoms with Crippen molar-refractivity contribution in [3.63, 3.8) is 0 Å². The average molecular weight is 250 g/mol. The summed E-state index contributed by atoms with van der Waals surface area (Å²) in [7, 11) is 0. The molecule has 0 aliphatic carbocycles. The average Bonchev–Trinajstić information content (AvgIpc) is 2.32. The van der Waals surface area contributed by atoms with E-state index in [1.54, 1.807) is 30.5 Å². The van der Waals surface area contributed by atoms with Crippen LogP contribution in [0.25, 0.3) is 0 Å². The van der Waals surface area contributed by atoms with Crippen LogP contribution in [0.3, 0.4) is 0 Å². The number of benzene rings is 1. The van der Waals surface area contributed by atoms with Gasteiger partial charge < -0.3 is 0 Å². The van der Waals surface area contributed by atoms with Gasteiger partial charge in [0.2, 0.25) is 0 Å². The minimum absolute atomic E-state index is 0.493. The highest BCUT2D eigenvalue weighted by atomic mass is 35.5. The Labute approximate surface area is 103 Å². The third-order valence-electron chi connectivity index (χ3n) is 1.78. The van der Waals surface area contributed by atoms with E-state index >= 15 is 0 Å². The van der Waals surface area contributed by atoms with Gasteiger partial charge >= 0.3 is 0 Å². The van der Waals surface area contributed by atoms with Crippen LogP contribution < -0.4 is 0 Å². The fourth-order valence-corrected chi connectivity index (χ4v) is 1.67. The molecule has 80 valence electrons. The van der Waals surface area contributed by atoms with Gasteiger partial charge in [-0.1, -0.05) is 11.6 Å². The first kappa shape index (κ1) is 12.6. The topological polar surface area (TPSA) is 59.9 Å². The van der Waals surface area contributed by atoms with E-state index in [1.165, 1.54) is 11.8 Å². The second-order valence-electron chi connectivity index (χ2n) is 2.82. The van der Waals surface area contributed by atoms with Crippen LogP contribution in [0.4, 0.5) is 5.69 Å². The maximum Gasteiger partial charge on any atom is 0.181 e. The van der Waals surface area contributed by atoms with Crippen molar-refractivity contribution in [2.24, 2.45) is 10.9 Å². The Morgan fingerprint density at radius 3 is 2.31 bits per heavy atom. The highest BCUT2D eigenvalue weighted by molar-refractivity contribution is 8.13. The van der Waals surface area contributed by atoms with Crippen LogP contribution in [-0.2, 0) is 0 Å². The van der Waals surface area contributed by atoms with Gasteiger partial charge in [-0.25, -0.2) is 4.99 Å². The van der Waals surface area contributed by atoms with Crippen molar-refractivity contribution < 1.29 is 0 Å². The van der Waals surface area contributed by atoms with Crippen LogP contribution in [-0.4, -0.2) is 11.3 Å². The molecule has 0 spiro atoms. The maximum atomic E-state index is 8.76. The number of hydrogen-bond donors (Lipinski definition) is 0. The van der Waals surface area contributed by atoms with E-state index in [0.29, 0.717) is 15.8 Å². The third kappa shape index (κ3) is 3.27. The summed E-state index contributed by atoms with van der Waals surface area (Å²) in [4.78, 5) is 4.24. The second-order valence-corrected chi connectivity index (χ2v) is 4.08. The molecule has 0 aliphatic heterocycles. The van der Waals surface area contributed by atoms with Gasteiger partial charge in [-0.05, 0) is 30.5 Å². The summed E-state index contributed by atoms with van der Waals surface area (Å²) in [6.45, 7) is 0. The summed E-state index contributed by atoms with van der Waals surface area (Å²) < 4.78 is 0. The van der Waals surface area contributed by atoms with Gasteiger partial charge in [0.15, 0.2) is 5.92 Å². The van der Waals surface area contributed by atoms with Crippen LogP contribution in [0, 0.1) is 28.6 Å². The molecule has 1 aromatic carbocycles. The molecule has 0 N–H and O–H groups in total. The molecular formula is C11H8ClN3S. The fraction of sp³-hybridized carbons (Fsp3) is 0.182. The van der Waals surface area contributed by atoms with Crippen LogP contribution in [0.5, 0.6) is 0 Å². The zero-order valence-corrected chi connectivity index (χ0v) is 10.1. The molecule has 0 saturated heterocycles. The lowest BCUT2D eigenvalue weighted by atomic mass is 10.2. The molecule has 0 unspecified atom stereocenters. The van der Waals surface area contributed by atoms with E-state index in [0.717, 1.165) is 0 Å². The molecular weight excluding hydrogens is 242 g/mol. The molecule has 1 aromatic rings. The quantitative estimate of drug-likeness (QED) is 0.596. The first-order valence-corrected chi connectivity index (χ1v) is 5.99. The van der Waals surface area contributed by atoms with Crippen molar-refractivity contribution in [2.45, 2.75) is 0 Å². The zero-order valence-electron chi connectivity index (χ0n) is 8.51. The molecule has 3 nitrogen and oxygen atoms in total. The molecule has 0 aliphatic rings. The van der Waals surface area contributed by atoms with E-state index in [-0.39, 0.29) is 0 Å². The molecule has 0 amide bonds. The molecule has 16 heavy (non-hydrogen) atoms.